The minimum absolute atomic E-state index is 0.109. The summed E-state index contributed by atoms with van der Waals surface area (Å²) in [4.78, 5) is 14.8. The van der Waals surface area contributed by atoms with Crippen molar-refractivity contribution in [1.29, 1.82) is 0 Å². The lowest BCUT2D eigenvalue weighted by molar-refractivity contribution is -0.144. The largest absolute Gasteiger partial charge is 0.504 e. The number of nitrogens with zero attached hydrogens (tertiary/aromatic N) is 1. The summed E-state index contributed by atoms with van der Waals surface area (Å²) < 4.78 is 5.13. The Balaban J connectivity index is 2.25. The number of pyridine rings is 1. The minimum atomic E-state index is -1.10. The number of carbonyl (C=O) groups is 1. The molecule has 0 radical (unpaired) electrons. The number of ether oxygens (including phenoxy) is 1. The number of aliphatic carboxylic acids is 1. The normalized spacial score (nSPS) is 11.9. The average molecular weight is 294 g/mol. The number of aromatic nitrogens is 1. The number of benzene rings is 1. The van der Waals surface area contributed by atoms with Crippen molar-refractivity contribution in [2.24, 2.45) is 0 Å². The van der Waals surface area contributed by atoms with E-state index in [1.807, 2.05) is 0 Å². The second kappa shape index (κ2) is 5.79. The molecule has 0 spiro atoms. The van der Waals surface area contributed by atoms with Crippen molar-refractivity contribution in [3.8, 4) is 22.8 Å². The van der Waals surface area contributed by atoms with Crippen molar-refractivity contribution in [3.63, 3.8) is 0 Å². The molecule has 1 aromatic carbocycles. The lowest BCUT2D eigenvalue weighted by Gasteiger charge is -2.12. The molecule has 0 bridgehead atoms. The Morgan fingerprint density at radius 2 is 2.10 bits per heavy atom. The van der Waals surface area contributed by atoms with Gasteiger partial charge in [-0.05, 0) is 37.3 Å². The van der Waals surface area contributed by atoms with E-state index in [2.05, 4.69) is 4.98 Å². The summed E-state index contributed by atoms with van der Waals surface area (Å²) in [6, 6.07) is 8.05. The first-order valence-electron chi connectivity index (χ1n) is 5.82. The summed E-state index contributed by atoms with van der Waals surface area (Å²) in [5, 5.41) is 19.2. The van der Waals surface area contributed by atoms with Gasteiger partial charge in [-0.25, -0.2) is 4.79 Å². The maximum atomic E-state index is 10.7. The molecule has 1 heterocycles. The van der Waals surface area contributed by atoms with Gasteiger partial charge in [0.1, 0.15) is 0 Å². The number of phenolic OH excluding ortho intramolecular Hbond substituents is 1. The summed E-state index contributed by atoms with van der Waals surface area (Å²) in [5.41, 5.74) is 1.32. The van der Waals surface area contributed by atoms with E-state index in [0.29, 0.717) is 16.3 Å². The van der Waals surface area contributed by atoms with Gasteiger partial charge >= 0.3 is 5.97 Å². The van der Waals surface area contributed by atoms with Gasteiger partial charge in [-0.15, -0.1) is 0 Å². The molecule has 0 aliphatic carbocycles. The van der Waals surface area contributed by atoms with Crippen LogP contribution in [0.15, 0.2) is 36.5 Å². The van der Waals surface area contributed by atoms with Crippen LogP contribution in [0.25, 0.3) is 11.3 Å². The van der Waals surface area contributed by atoms with E-state index in [9.17, 15) is 9.90 Å². The van der Waals surface area contributed by atoms with Crippen molar-refractivity contribution in [1.82, 2.24) is 4.98 Å². The van der Waals surface area contributed by atoms with Crippen LogP contribution in [0.4, 0.5) is 0 Å². The van der Waals surface area contributed by atoms with Crippen molar-refractivity contribution in [2.45, 2.75) is 13.0 Å². The van der Waals surface area contributed by atoms with E-state index >= 15 is 0 Å². The van der Waals surface area contributed by atoms with Gasteiger partial charge in [-0.2, -0.15) is 0 Å². The second-order valence-electron chi connectivity index (χ2n) is 4.14. The Kier molecular flexibility index (Phi) is 4.10. The van der Waals surface area contributed by atoms with Gasteiger partial charge in [0.2, 0.25) is 0 Å². The van der Waals surface area contributed by atoms with Crippen LogP contribution in [0.5, 0.6) is 11.5 Å². The number of carboxylic acid groups (broad SMARTS) is 1. The zero-order valence-corrected chi connectivity index (χ0v) is 11.3. The third kappa shape index (κ3) is 3.19. The molecule has 0 aliphatic heterocycles. The number of carboxylic acids is 1. The maximum Gasteiger partial charge on any atom is 0.344 e. The zero-order valence-electron chi connectivity index (χ0n) is 10.6. The van der Waals surface area contributed by atoms with E-state index in [1.165, 1.54) is 25.3 Å². The van der Waals surface area contributed by atoms with E-state index in [0.717, 1.165) is 0 Å². The van der Waals surface area contributed by atoms with Gasteiger partial charge in [0.05, 0.1) is 10.7 Å². The van der Waals surface area contributed by atoms with Crippen molar-refractivity contribution in [2.75, 3.05) is 0 Å². The van der Waals surface area contributed by atoms with Gasteiger partial charge in [-0.3, -0.25) is 4.98 Å². The number of rotatable bonds is 4. The first-order valence-corrected chi connectivity index (χ1v) is 6.19. The summed E-state index contributed by atoms with van der Waals surface area (Å²) in [6.45, 7) is 1.39. The molecule has 1 unspecified atom stereocenters. The molecular weight excluding hydrogens is 282 g/mol. The van der Waals surface area contributed by atoms with Crippen LogP contribution >= 0.6 is 11.6 Å². The molecule has 0 fully saturated rings. The summed E-state index contributed by atoms with van der Waals surface area (Å²) in [7, 11) is 0. The van der Waals surface area contributed by atoms with E-state index < -0.39 is 12.1 Å². The first-order chi connectivity index (χ1) is 9.47. The minimum Gasteiger partial charge on any atom is -0.504 e. The number of halogens is 1. The Hall–Kier alpha value is -2.27. The fourth-order valence-corrected chi connectivity index (χ4v) is 1.68. The number of hydrogen-bond acceptors (Lipinski definition) is 4. The maximum absolute atomic E-state index is 10.7. The first kappa shape index (κ1) is 14.1. The van der Waals surface area contributed by atoms with Crippen LogP contribution in [0.2, 0.25) is 5.02 Å². The quantitative estimate of drug-likeness (QED) is 0.906. The molecule has 2 N–H and O–H groups in total. The average Bonchev–Trinajstić information content (AvgIpc) is 2.41. The predicted molar refractivity (Wildman–Crippen MR) is 74.1 cm³/mol. The summed E-state index contributed by atoms with van der Waals surface area (Å²) in [5.74, 6) is -1.14. The van der Waals surface area contributed by atoms with Crippen molar-refractivity contribution in [3.05, 3.63) is 41.6 Å². The lowest BCUT2D eigenvalue weighted by Crippen LogP contribution is -2.22. The van der Waals surface area contributed by atoms with E-state index in [4.69, 9.17) is 21.4 Å². The standard InChI is InChI=1S/C14H12ClNO4/c1-8(14(18)19)20-13-5-2-9(6-12(13)17)11-4-3-10(15)7-16-11/h2-8,17H,1H3,(H,18,19). The molecule has 2 aromatic rings. The number of hydrogen-bond donors (Lipinski definition) is 2. The molecule has 0 aliphatic rings. The monoisotopic (exact) mass is 293 g/mol. The van der Waals surface area contributed by atoms with Crippen molar-refractivity contribution >= 4 is 17.6 Å². The third-order valence-corrected chi connectivity index (χ3v) is 2.86. The molecule has 5 nitrogen and oxygen atoms in total. The molecule has 1 aromatic heterocycles. The van der Waals surface area contributed by atoms with E-state index in [1.54, 1.807) is 18.2 Å². The van der Waals surface area contributed by atoms with Crippen LogP contribution in [0.3, 0.4) is 0 Å². The van der Waals surface area contributed by atoms with Gasteiger partial charge in [-0.1, -0.05) is 11.6 Å². The highest BCUT2D eigenvalue weighted by Crippen LogP contribution is 2.31. The van der Waals surface area contributed by atoms with Crippen LogP contribution < -0.4 is 4.74 Å². The molecule has 6 heteroatoms. The Morgan fingerprint density at radius 1 is 1.35 bits per heavy atom. The summed E-state index contributed by atoms with van der Waals surface area (Å²) in [6.07, 6.45) is 0.464. The van der Waals surface area contributed by atoms with Crippen LogP contribution in [0.1, 0.15) is 6.92 Å². The topological polar surface area (TPSA) is 79.7 Å². The Bertz CT molecular complexity index is 628. The van der Waals surface area contributed by atoms with Gasteiger partial charge in [0.25, 0.3) is 0 Å². The van der Waals surface area contributed by atoms with Gasteiger partial charge in [0, 0.05) is 11.8 Å². The molecule has 104 valence electrons. The Morgan fingerprint density at radius 3 is 2.65 bits per heavy atom. The van der Waals surface area contributed by atoms with Gasteiger partial charge in [0.15, 0.2) is 17.6 Å². The van der Waals surface area contributed by atoms with Gasteiger partial charge < -0.3 is 14.9 Å². The molecular formula is C14H12ClNO4. The van der Waals surface area contributed by atoms with Crippen LogP contribution in [-0.4, -0.2) is 27.3 Å². The molecule has 20 heavy (non-hydrogen) atoms. The molecule has 1 atom stereocenters. The van der Waals surface area contributed by atoms with E-state index in [-0.39, 0.29) is 11.5 Å². The highest BCUT2D eigenvalue weighted by atomic mass is 35.5. The fourth-order valence-electron chi connectivity index (χ4n) is 1.56. The second-order valence-corrected chi connectivity index (χ2v) is 4.58. The summed E-state index contributed by atoms with van der Waals surface area (Å²) >= 11 is 5.76. The fraction of sp³-hybridized carbons (Fsp3) is 0.143. The SMILES string of the molecule is CC(Oc1ccc(-c2ccc(Cl)cn2)cc1O)C(=O)O. The molecule has 0 saturated carbocycles. The predicted octanol–water partition coefficient (Wildman–Crippen LogP) is 2.96. The smallest absolute Gasteiger partial charge is 0.344 e. The zero-order chi connectivity index (χ0) is 14.7. The highest BCUT2D eigenvalue weighted by Gasteiger charge is 2.15. The highest BCUT2D eigenvalue weighted by molar-refractivity contribution is 6.30. The Labute approximate surface area is 120 Å². The third-order valence-electron chi connectivity index (χ3n) is 2.63. The molecule has 2 rings (SSSR count). The lowest BCUT2D eigenvalue weighted by atomic mass is 10.1. The van der Waals surface area contributed by atoms with Crippen LogP contribution in [-0.2, 0) is 4.79 Å². The number of aromatic hydroxyl groups is 1. The van der Waals surface area contributed by atoms with Crippen LogP contribution in [0, 0.1) is 0 Å². The number of phenols is 1. The van der Waals surface area contributed by atoms with Crippen molar-refractivity contribution < 1.29 is 19.7 Å². The molecule has 0 saturated heterocycles. The molecule has 0 amide bonds.